The Morgan fingerprint density at radius 2 is 1.92 bits per heavy atom. The summed E-state index contributed by atoms with van der Waals surface area (Å²) in [6, 6.07) is 4.65. The Kier molecular flexibility index (Phi) is 7.40. The van der Waals surface area contributed by atoms with Gasteiger partial charge in [-0.05, 0) is 63.5 Å². The first kappa shape index (κ1) is 19.9. The third kappa shape index (κ3) is 5.80. The molecular weight excluding hydrogens is 338 g/mol. The summed E-state index contributed by atoms with van der Waals surface area (Å²) in [5, 5.41) is 2.91. The fourth-order valence-electron chi connectivity index (χ4n) is 3.07. The van der Waals surface area contributed by atoms with E-state index in [0.29, 0.717) is 18.7 Å². The van der Waals surface area contributed by atoms with Gasteiger partial charge in [0.1, 0.15) is 0 Å². The molecule has 25 heavy (non-hydrogen) atoms. The van der Waals surface area contributed by atoms with Crippen LogP contribution in [0.15, 0.2) is 23.1 Å². The van der Waals surface area contributed by atoms with Crippen molar-refractivity contribution in [2.24, 2.45) is 0 Å². The number of carbonyl (C=O) groups excluding carboxylic acids is 1. The van der Waals surface area contributed by atoms with Crippen molar-refractivity contribution in [3.05, 3.63) is 29.3 Å². The summed E-state index contributed by atoms with van der Waals surface area (Å²) in [4.78, 5) is 15.0. The van der Waals surface area contributed by atoms with Crippen LogP contribution in [-0.2, 0) is 10.0 Å². The Hall–Kier alpha value is -1.44. The van der Waals surface area contributed by atoms with E-state index >= 15 is 0 Å². The maximum atomic E-state index is 12.4. The standard InChI is InChI=1S/C18H29N3O3S/c1-3-20-25(23,24)16-9-8-15(2)17(14-16)18(22)19-10-7-13-21-11-5-4-6-12-21/h8-9,14,20H,3-7,10-13H2,1-2H3,(H,19,22). The molecule has 0 unspecified atom stereocenters. The van der Waals surface area contributed by atoms with Gasteiger partial charge in [0.05, 0.1) is 4.90 Å². The van der Waals surface area contributed by atoms with Gasteiger partial charge in [-0.2, -0.15) is 0 Å². The van der Waals surface area contributed by atoms with Gasteiger partial charge < -0.3 is 10.2 Å². The fraction of sp³-hybridized carbons (Fsp3) is 0.611. The second-order valence-corrected chi connectivity index (χ2v) is 8.26. The predicted octanol–water partition coefficient (Wildman–Crippen LogP) is 1.90. The number of carbonyl (C=O) groups is 1. The fourth-order valence-corrected chi connectivity index (χ4v) is 4.14. The number of nitrogens with zero attached hydrogens (tertiary/aromatic N) is 1. The number of hydrogen-bond acceptors (Lipinski definition) is 4. The van der Waals surface area contributed by atoms with Crippen LogP contribution >= 0.6 is 0 Å². The minimum atomic E-state index is -3.56. The second kappa shape index (κ2) is 9.31. The van der Waals surface area contributed by atoms with Crippen molar-refractivity contribution in [2.45, 2.75) is 44.4 Å². The Morgan fingerprint density at radius 1 is 1.20 bits per heavy atom. The molecule has 1 saturated heterocycles. The molecule has 0 spiro atoms. The van der Waals surface area contributed by atoms with Gasteiger partial charge in [-0.15, -0.1) is 0 Å². The first-order chi connectivity index (χ1) is 11.9. The quantitative estimate of drug-likeness (QED) is 0.688. The van der Waals surface area contributed by atoms with Gasteiger partial charge in [0.25, 0.3) is 5.91 Å². The average Bonchev–Trinajstić information content (AvgIpc) is 2.59. The van der Waals surface area contributed by atoms with Crippen LogP contribution in [0.1, 0.15) is 48.5 Å². The lowest BCUT2D eigenvalue weighted by Gasteiger charge is -2.26. The zero-order valence-corrected chi connectivity index (χ0v) is 16.0. The summed E-state index contributed by atoms with van der Waals surface area (Å²) < 4.78 is 26.7. The molecular formula is C18H29N3O3S. The molecule has 1 aromatic rings. The number of piperidine rings is 1. The maximum Gasteiger partial charge on any atom is 0.251 e. The SMILES string of the molecule is CCNS(=O)(=O)c1ccc(C)c(C(=O)NCCCN2CCCCC2)c1. The van der Waals surface area contributed by atoms with E-state index < -0.39 is 10.0 Å². The lowest BCUT2D eigenvalue weighted by molar-refractivity contribution is 0.0950. The number of nitrogens with one attached hydrogen (secondary N) is 2. The normalized spacial score (nSPS) is 15.9. The first-order valence-electron chi connectivity index (χ1n) is 9.05. The number of rotatable bonds is 8. The van der Waals surface area contributed by atoms with E-state index in [4.69, 9.17) is 0 Å². The van der Waals surface area contributed by atoms with E-state index in [-0.39, 0.29) is 10.8 Å². The summed E-state index contributed by atoms with van der Waals surface area (Å²) in [7, 11) is -3.56. The van der Waals surface area contributed by atoms with Crippen LogP contribution in [0.25, 0.3) is 0 Å². The van der Waals surface area contributed by atoms with Crippen molar-refractivity contribution < 1.29 is 13.2 Å². The van der Waals surface area contributed by atoms with E-state index in [2.05, 4.69) is 14.9 Å². The van der Waals surface area contributed by atoms with Crippen LogP contribution in [0.3, 0.4) is 0 Å². The molecule has 1 fully saturated rings. The number of amides is 1. The van der Waals surface area contributed by atoms with E-state index in [9.17, 15) is 13.2 Å². The van der Waals surface area contributed by atoms with Crippen LogP contribution in [0.5, 0.6) is 0 Å². The van der Waals surface area contributed by atoms with Gasteiger partial charge >= 0.3 is 0 Å². The summed E-state index contributed by atoms with van der Waals surface area (Å²) in [6.45, 7) is 7.74. The van der Waals surface area contributed by atoms with Crippen molar-refractivity contribution >= 4 is 15.9 Å². The predicted molar refractivity (Wildman–Crippen MR) is 99.3 cm³/mol. The molecule has 1 aliphatic rings. The Labute approximate surface area is 151 Å². The zero-order valence-electron chi connectivity index (χ0n) is 15.2. The van der Waals surface area contributed by atoms with E-state index in [0.717, 1.165) is 31.6 Å². The first-order valence-corrected chi connectivity index (χ1v) is 10.5. The minimum Gasteiger partial charge on any atom is -0.352 e. The molecule has 0 aliphatic carbocycles. The molecule has 0 radical (unpaired) electrons. The number of benzene rings is 1. The van der Waals surface area contributed by atoms with Crippen LogP contribution in [-0.4, -0.2) is 51.9 Å². The van der Waals surface area contributed by atoms with Crippen LogP contribution in [0.2, 0.25) is 0 Å². The van der Waals surface area contributed by atoms with Crippen molar-refractivity contribution in [3.63, 3.8) is 0 Å². The van der Waals surface area contributed by atoms with Gasteiger partial charge in [0.2, 0.25) is 10.0 Å². The number of likely N-dealkylation sites (tertiary alicyclic amines) is 1. The van der Waals surface area contributed by atoms with Crippen LogP contribution < -0.4 is 10.0 Å². The molecule has 140 valence electrons. The highest BCUT2D eigenvalue weighted by molar-refractivity contribution is 7.89. The van der Waals surface area contributed by atoms with Crippen molar-refractivity contribution in [1.29, 1.82) is 0 Å². The lowest BCUT2D eigenvalue weighted by Crippen LogP contribution is -2.33. The molecule has 0 bridgehead atoms. The smallest absolute Gasteiger partial charge is 0.251 e. The summed E-state index contributed by atoms with van der Waals surface area (Å²) in [5.74, 6) is -0.218. The molecule has 0 saturated carbocycles. The summed E-state index contributed by atoms with van der Waals surface area (Å²) in [5.41, 5.74) is 1.18. The highest BCUT2D eigenvalue weighted by atomic mass is 32.2. The van der Waals surface area contributed by atoms with Gasteiger partial charge in [0.15, 0.2) is 0 Å². The Bertz CT molecular complexity index is 683. The third-order valence-corrected chi connectivity index (χ3v) is 6.03. The summed E-state index contributed by atoms with van der Waals surface area (Å²) in [6.07, 6.45) is 4.75. The molecule has 0 atom stereocenters. The van der Waals surface area contributed by atoms with E-state index in [1.165, 1.54) is 31.4 Å². The van der Waals surface area contributed by atoms with Crippen LogP contribution in [0, 0.1) is 6.92 Å². The molecule has 1 aliphatic heterocycles. The molecule has 2 rings (SSSR count). The average molecular weight is 368 g/mol. The van der Waals surface area contributed by atoms with Crippen molar-refractivity contribution in [3.8, 4) is 0 Å². The maximum absolute atomic E-state index is 12.4. The Morgan fingerprint density at radius 3 is 2.60 bits per heavy atom. The third-order valence-electron chi connectivity index (χ3n) is 4.48. The topological polar surface area (TPSA) is 78.5 Å². The number of aryl methyl sites for hydroxylation is 1. The van der Waals surface area contributed by atoms with Gasteiger partial charge in [-0.1, -0.05) is 19.4 Å². The Balaban J connectivity index is 1.92. The number of hydrogen-bond donors (Lipinski definition) is 2. The molecule has 7 heteroatoms. The molecule has 1 heterocycles. The van der Waals surface area contributed by atoms with Crippen LogP contribution in [0.4, 0.5) is 0 Å². The number of sulfonamides is 1. The van der Waals surface area contributed by atoms with Gasteiger partial charge in [0, 0.05) is 18.7 Å². The second-order valence-electron chi connectivity index (χ2n) is 6.49. The van der Waals surface area contributed by atoms with E-state index in [1.807, 2.05) is 6.92 Å². The molecule has 2 N–H and O–H groups in total. The highest BCUT2D eigenvalue weighted by Gasteiger charge is 2.17. The molecule has 6 nitrogen and oxygen atoms in total. The highest BCUT2D eigenvalue weighted by Crippen LogP contribution is 2.16. The summed E-state index contributed by atoms with van der Waals surface area (Å²) >= 11 is 0. The lowest BCUT2D eigenvalue weighted by atomic mass is 10.1. The van der Waals surface area contributed by atoms with Gasteiger partial charge in [-0.25, -0.2) is 13.1 Å². The molecule has 1 amide bonds. The van der Waals surface area contributed by atoms with E-state index in [1.54, 1.807) is 13.0 Å². The van der Waals surface area contributed by atoms with Crippen molar-refractivity contribution in [1.82, 2.24) is 14.9 Å². The molecule has 1 aromatic carbocycles. The monoisotopic (exact) mass is 367 g/mol. The van der Waals surface area contributed by atoms with Gasteiger partial charge in [-0.3, -0.25) is 4.79 Å². The zero-order chi connectivity index (χ0) is 18.3. The molecule has 0 aromatic heterocycles. The minimum absolute atomic E-state index is 0.124. The largest absolute Gasteiger partial charge is 0.352 e. The van der Waals surface area contributed by atoms with Crippen molar-refractivity contribution in [2.75, 3.05) is 32.7 Å².